The van der Waals surface area contributed by atoms with Gasteiger partial charge in [-0.2, -0.15) is 4.99 Å². The number of hydrogen-bond acceptors (Lipinski definition) is 3. The summed E-state index contributed by atoms with van der Waals surface area (Å²) in [5.41, 5.74) is 0. The molecule has 0 aromatic carbocycles. The van der Waals surface area contributed by atoms with Crippen LogP contribution in [0.4, 0.5) is 0 Å². The van der Waals surface area contributed by atoms with Gasteiger partial charge in [-0.15, -0.1) is 0 Å². The molecule has 0 spiro atoms. The minimum atomic E-state index is 0.376. The SMILES string of the molecule is O=CN=C1CNCC(NC=O)=N1. The van der Waals surface area contributed by atoms with Gasteiger partial charge in [0.2, 0.25) is 12.8 Å². The Labute approximate surface area is 68.8 Å². The van der Waals surface area contributed by atoms with E-state index in [-0.39, 0.29) is 0 Å². The number of amidine groups is 2. The lowest BCUT2D eigenvalue weighted by Crippen LogP contribution is -2.40. The Morgan fingerprint density at radius 2 is 2.33 bits per heavy atom. The summed E-state index contributed by atoms with van der Waals surface area (Å²) in [7, 11) is 0. The zero-order chi connectivity index (χ0) is 8.81. The molecule has 0 atom stereocenters. The fourth-order valence-corrected chi connectivity index (χ4v) is 0.814. The number of nitrogens with zero attached hydrogens (tertiary/aromatic N) is 2. The van der Waals surface area contributed by atoms with Crippen LogP contribution in [0.1, 0.15) is 0 Å². The van der Waals surface area contributed by atoms with Gasteiger partial charge in [-0.1, -0.05) is 0 Å². The molecule has 0 bridgehead atoms. The van der Waals surface area contributed by atoms with E-state index >= 15 is 0 Å². The second-order valence-electron chi connectivity index (χ2n) is 2.07. The van der Waals surface area contributed by atoms with Gasteiger partial charge in [0.15, 0.2) is 0 Å². The van der Waals surface area contributed by atoms with Gasteiger partial charge in [0.05, 0.1) is 13.1 Å². The first-order valence-electron chi connectivity index (χ1n) is 3.35. The van der Waals surface area contributed by atoms with Crippen LogP contribution in [0.2, 0.25) is 0 Å². The average molecular weight is 168 g/mol. The van der Waals surface area contributed by atoms with Gasteiger partial charge in [0.1, 0.15) is 11.7 Å². The smallest absolute Gasteiger partial charge is 0.234 e. The fourth-order valence-electron chi connectivity index (χ4n) is 0.814. The predicted molar refractivity (Wildman–Crippen MR) is 43.0 cm³/mol. The van der Waals surface area contributed by atoms with Crippen LogP contribution in [0.5, 0.6) is 0 Å². The van der Waals surface area contributed by atoms with Crippen molar-refractivity contribution in [3.05, 3.63) is 0 Å². The van der Waals surface area contributed by atoms with Gasteiger partial charge in [-0.3, -0.25) is 9.59 Å². The molecule has 1 rings (SSSR count). The molecule has 0 unspecified atom stereocenters. The monoisotopic (exact) mass is 168 g/mol. The molecule has 0 fully saturated rings. The minimum Gasteiger partial charge on any atom is -0.316 e. The molecule has 0 radical (unpaired) electrons. The fraction of sp³-hybridized carbons (Fsp3) is 0.333. The first kappa shape index (κ1) is 8.54. The first-order chi connectivity index (χ1) is 5.86. The van der Waals surface area contributed by atoms with Crippen molar-refractivity contribution in [2.75, 3.05) is 13.1 Å². The van der Waals surface area contributed by atoms with E-state index in [9.17, 15) is 9.59 Å². The van der Waals surface area contributed by atoms with Crippen LogP contribution < -0.4 is 10.6 Å². The normalized spacial score (nSPS) is 20.0. The van der Waals surface area contributed by atoms with Gasteiger partial charge in [0.25, 0.3) is 0 Å². The third-order valence-corrected chi connectivity index (χ3v) is 1.27. The third kappa shape index (κ3) is 2.24. The van der Waals surface area contributed by atoms with E-state index in [0.29, 0.717) is 37.6 Å². The van der Waals surface area contributed by atoms with E-state index < -0.39 is 0 Å². The second kappa shape index (κ2) is 4.35. The Bertz CT molecular complexity index is 246. The quantitative estimate of drug-likeness (QED) is 0.481. The zero-order valence-electron chi connectivity index (χ0n) is 6.28. The Hall–Kier alpha value is -1.56. The molecule has 0 saturated carbocycles. The highest BCUT2D eigenvalue weighted by atomic mass is 16.1. The van der Waals surface area contributed by atoms with Crippen LogP contribution in [0, 0.1) is 0 Å². The number of rotatable bonds is 2. The van der Waals surface area contributed by atoms with Gasteiger partial charge in [0, 0.05) is 0 Å². The molecule has 1 aliphatic rings. The summed E-state index contributed by atoms with van der Waals surface area (Å²) >= 11 is 0. The molecular formula is C6H8N4O2. The first-order valence-corrected chi connectivity index (χ1v) is 3.35. The molecule has 0 aliphatic carbocycles. The molecular weight excluding hydrogens is 160 g/mol. The minimum absolute atomic E-state index is 0.376. The summed E-state index contributed by atoms with van der Waals surface area (Å²) in [4.78, 5) is 27.3. The Kier molecular flexibility index (Phi) is 3.09. The maximum Gasteiger partial charge on any atom is 0.234 e. The molecule has 0 aromatic rings. The van der Waals surface area contributed by atoms with Crippen molar-refractivity contribution in [1.82, 2.24) is 10.6 Å². The highest BCUT2D eigenvalue weighted by Gasteiger charge is 2.07. The topological polar surface area (TPSA) is 82.9 Å². The van der Waals surface area contributed by atoms with Crippen LogP contribution >= 0.6 is 0 Å². The van der Waals surface area contributed by atoms with E-state index in [2.05, 4.69) is 20.6 Å². The highest BCUT2D eigenvalue weighted by molar-refractivity contribution is 6.05. The molecule has 2 amide bonds. The van der Waals surface area contributed by atoms with Crippen molar-refractivity contribution in [3.63, 3.8) is 0 Å². The van der Waals surface area contributed by atoms with Gasteiger partial charge in [-0.05, 0) is 0 Å². The summed E-state index contributed by atoms with van der Waals surface area (Å²) in [6.45, 7) is 0.930. The zero-order valence-corrected chi connectivity index (χ0v) is 6.28. The number of amides is 2. The maximum atomic E-state index is 10.0. The van der Waals surface area contributed by atoms with Crippen molar-refractivity contribution >= 4 is 24.5 Å². The number of nitrogens with one attached hydrogen (secondary N) is 2. The van der Waals surface area contributed by atoms with Crippen LogP contribution in [-0.4, -0.2) is 37.6 Å². The molecule has 1 heterocycles. The molecule has 0 aromatic heterocycles. The molecule has 6 heteroatoms. The van der Waals surface area contributed by atoms with Crippen molar-refractivity contribution in [2.45, 2.75) is 0 Å². The van der Waals surface area contributed by atoms with Crippen molar-refractivity contribution in [3.8, 4) is 0 Å². The van der Waals surface area contributed by atoms with Crippen molar-refractivity contribution < 1.29 is 9.59 Å². The van der Waals surface area contributed by atoms with Crippen molar-refractivity contribution in [2.24, 2.45) is 9.98 Å². The molecule has 12 heavy (non-hydrogen) atoms. The van der Waals surface area contributed by atoms with Crippen molar-refractivity contribution in [1.29, 1.82) is 0 Å². The van der Waals surface area contributed by atoms with Crippen LogP contribution in [-0.2, 0) is 9.59 Å². The summed E-state index contributed by atoms with van der Waals surface area (Å²) < 4.78 is 0. The van der Waals surface area contributed by atoms with E-state index in [1.54, 1.807) is 0 Å². The molecule has 0 saturated heterocycles. The molecule has 64 valence electrons. The summed E-state index contributed by atoms with van der Waals surface area (Å²) in [6, 6.07) is 0. The number of aliphatic imine (C=N–C) groups is 2. The third-order valence-electron chi connectivity index (χ3n) is 1.27. The van der Waals surface area contributed by atoms with Gasteiger partial charge in [-0.25, -0.2) is 4.99 Å². The Morgan fingerprint density at radius 3 is 3.00 bits per heavy atom. The number of carbonyl (C=O) groups excluding carboxylic acids is 2. The number of hydrogen-bond donors (Lipinski definition) is 2. The van der Waals surface area contributed by atoms with Gasteiger partial charge >= 0.3 is 0 Å². The average Bonchev–Trinajstić information content (AvgIpc) is 2.06. The van der Waals surface area contributed by atoms with E-state index in [4.69, 9.17) is 0 Å². The molecule has 6 nitrogen and oxygen atoms in total. The predicted octanol–water partition coefficient (Wildman–Crippen LogP) is -1.71. The lowest BCUT2D eigenvalue weighted by molar-refractivity contribution is -0.108. The molecule has 1 aliphatic heterocycles. The summed E-state index contributed by atoms with van der Waals surface area (Å²) in [6.07, 6.45) is 0.953. The Morgan fingerprint density at radius 1 is 1.50 bits per heavy atom. The lowest BCUT2D eigenvalue weighted by Gasteiger charge is -2.12. The summed E-state index contributed by atoms with van der Waals surface area (Å²) in [5.74, 6) is 0.845. The van der Waals surface area contributed by atoms with Crippen LogP contribution in [0.3, 0.4) is 0 Å². The maximum absolute atomic E-state index is 10.0. The Balaban J connectivity index is 2.68. The largest absolute Gasteiger partial charge is 0.316 e. The highest BCUT2D eigenvalue weighted by Crippen LogP contribution is 1.86. The lowest BCUT2D eigenvalue weighted by atomic mass is 10.4. The van der Waals surface area contributed by atoms with Gasteiger partial charge < -0.3 is 10.6 Å². The van der Waals surface area contributed by atoms with Crippen LogP contribution in [0.25, 0.3) is 0 Å². The standard InChI is InChI=1S/C6H8N4O2/c11-3-8-5-1-7-2-6(10-5)9-4-12/h3-4,7H,1-2H2,(H,8,9,10,11,12). The van der Waals surface area contributed by atoms with E-state index in [0.717, 1.165) is 0 Å². The van der Waals surface area contributed by atoms with E-state index in [1.165, 1.54) is 0 Å². The van der Waals surface area contributed by atoms with E-state index in [1.807, 2.05) is 0 Å². The second-order valence-corrected chi connectivity index (χ2v) is 2.07. The number of carbonyl (C=O) groups is 2. The molecule has 2 N–H and O–H groups in total. The van der Waals surface area contributed by atoms with Crippen LogP contribution in [0.15, 0.2) is 9.98 Å². The summed E-state index contributed by atoms with van der Waals surface area (Å²) in [5, 5.41) is 5.30.